The van der Waals surface area contributed by atoms with Crippen LogP contribution in [-0.2, 0) is 0 Å². The molecule has 3 heterocycles. The van der Waals surface area contributed by atoms with Crippen LogP contribution in [0.2, 0.25) is 0 Å². The van der Waals surface area contributed by atoms with Crippen LogP contribution in [0.5, 0.6) is 11.5 Å². The van der Waals surface area contributed by atoms with Crippen LogP contribution < -0.4 is 25.4 Å². The van der Waals surface area contributed by atoms with E-state index < -0.39 is 0 Å². The molecule has 0 saturated carbocycles. The monoisotopic (exact) mass is 398 g/mol. The molecule has 0 spiro atoms. The Labute approximate surface area is 163 Å². The SMILES string of the molecule is Cl.Cl.Nc1cc2c(cc1NC(=O)c1ccc(N3CCCC3)nc1)OCO2. The lowest BCUT2D eigenvalue weighted by Crippen LogP contribution is -2.19. The number of aromatic nitrogens is 1. The fourth-order valence-corrected chi connectivity index (χ4v) is 2.91. The number of pyridine rings is 1. The molecule has 1 saturated heterocycles. The minimum atomic E-state index is -0.263. The normalized spacial score (nSPS) is 14.4. The van der Waals surface area contributed by atoms with Gasteiger partial charge in [0.25, 0.3) is 5.91 Å². The fraction of sp³-hybridized carbons (Fsp3) is 0.294. The molecule has 9 heteroatoms. The molecule has 0 bridgehead atoms. The van der Waals surface area contributed by atoms with Crippen LogP contribution >= 0.6 is 24.8 Å². The van der Waals surface area contributed by atoms with Crippen LogP contribution in [0.15, 0.2) is 30.5 Å². The summed E-state index contributed by atoms with van der Waals surface area (Å²) in [6.45, 7) is 2.20. The third-order valence-corrected chi connectivity index (χ3v) is 4.23. The van der Waals surface area contributed by atoms with Gasteiger partial charge in [0.1, 0.15) is 5.82 Å². The number of nitrogens with one attached hydrogen (secondary N) is 1. The molecule has 2 aromatic rings. The first-order valence-corrected chi connectivity index (χ1v) is 7.92. The third-order valence-electron chi connectivity index (χ3n) is 4.23. The number of ether oxygens (including phenoxy) is 2. The number of nitrogen functional groups attached to an aromatic ring is 1. The van der Waals surface area contributed by atoms with Gasteiger partial charge in [-0.1, -0.05) is 0 Å². The van der Waals surface area contributed by atoms with Gasteiger partial charge in [0.15, 0.2) is 11.5 Å². The molecule has 2 aliphatic rings. The Morgan fingerprint density at radius 3 is 2.46 bits per heavy atom. The molecule has 1 amide bonds. The van der Waals surface area contributed by atoms with Crippen LogP contribution in [0, 0.1) is 0 Å². The van der Waals surface area contributed by atoms with Gasteiger partial charge < -0.3 is 25.4 Å². The Balaban J connectivity index is 0.00000121. The highest BCUT2D eigenvalue weighted by atomic mass is 35.5. The van der Waals surface area contributed by atoms with Gasteiger partial charge in [-0.3, -0.25) is 4.79 Å². The smallest absolute Gasteiger partial charge is 0.257 e. The molecule has 26 heavy (non-hydrogen) atoms. The van der Waals surface area contributed by atoms with Crippen molar-refractivity contribution in [1.29, 1.82) is 0 Å². The summed E-state index contributed by atoms with van der Waals surface area (Å²) in [5.41, 5.74) is 7.35. The third kappa shape index (κ3) is 3.89. The largest absolute Gasteiger partial charge is 0.454 e. The highest BCUT2D eigenvalue weighted by molar-refractivity contribution is 6.06. The summed E-state index contributed by atoms with van der Waals surface area (Å²) in [6, 6.07) is 6.97. The molecule has 0 aliphatic carbocycles. The summed E-state index contributed by atoms with van der Waals surface area (Å²) in [5, 5.41) is 2.79. The Morgan fingerprint density at radius 2 is 1.81 bits per heavy atom. The summed E-state index contributed by atoms with van der Waals surface area (Å²) in [4.78, 5) is 19.0. The van der Waals surface area contributed by atoms with Gasteiger partial charge in [-0.15, -0.1) is 24.8 Å². The quantitative estimate of drug-likeness (QED) is 0.772. The van der Waals surface area contributed by atoms with Gasteiger partial charge >= 0.3 is 0 Å². The van der Waals surface area contributed by atoms with E-state index in [2.05, 4.69) is 15.2 Å². The van der Waals surface area contributed by atoms with E-state index in [0.717, 1.165) is 18.9 Å². The molecule has 0 radical (unpaired) electrons. The van der Waals surface area contributed by atoms with Crippen molar-refractivity contribution in [3.05, 3.63) is 36.0 Å². The molecular formula is C17H20Cl2N4O3. The first kappa shape index (κ1) is 19.9. The van der Waals surface area contributed by atoms with E-state index >= 15 is 0 Å². The lowest BCUT2D eigenvalue weighted by atomic mass is 10.2. The number of amides is 1. The van der Waals surface area contributed by atoms with E-state index in [4.69, 9.17) is 15.2 Å². The number of halogens is 2. The highest BCUT2D eigenvalue weighted by Gasteiger charge is 2.18. The Bertz CT molecular complexity index is 780. The number of fused-ring (bicyclic) bond motifs is 1. The van der Waals surface area contributed by atoms with Gasteiger partial charge in [-0.05, 0) is 25.0 Å². The van der Waals surface area contributed by atoms with Crippen molar-refractivity contribution < 1.29 is 14.3 Å². The zero-order chi connectivity index (χ0) is 16.5. The maximum absolute atomic E-state index is 12.4. The Hall–Kier alpha value is -2.38. The predicted molar refractivity (Wildman–Crippen MR) is 105 cm³/mol. The van der Waals surface area contributed by atoms with E-state index in [1.807, 2.05) is 6.07 Å². The first-order valence-electron chi connectivity index (χ1n) is 7.92. The molecule has 0 unspecified atom stereocenters. The second-order valence-electron chi connectivity index (χ2n) is 5.85. The number of nitrogens with two attached hydrogens (primary N) is 1. The van der Waals surface area contributed by atoms with Gasteiger partial charge in [-0.25, -0.2) is 4.98 Å². The zero-order valence-electron chi connectivity index (χ0n) is 13.9. The number of anilines is 3. The average Bonchev–Trinajstić information content (AvgIpc) is 3.26. The topological polar surface area (TPSA) is 89.7 Å². The standard InChI is InChI=1S/C17H18N4O3.2ClH/c18-12-7-14-15(24-10-23-14)8-13(12)20-17(22)11-3-4-16(19-9-11)21-5-1-2-6-21;;/h3-4,7-9H,1-2,5-6,10,18H2,(H,20,22);2*1H. The minimum Gasteiger partial charge on any atom is -0.454 e. The number of hydrogen-bond donors (Lipinski definition) is 2. The van der Waals surface area contributed by atoms with E-state index in [0.29, 0.717) is 28.4 Å². The molecule has 1 aromatic carbocycles. The van der Waals surface area contributed by atoms with Crippen molar-refractivity contribution in [2.45, 2.75) is 12.8 Å². The number of benzene rings is 1. The summed E-state index contributed by atoms with van der Waals surface area (Å²) in [7, 11) is 0. The lowest BCUT2D eigenvalue weighted by Gasteiger charge is -2.16. The van der Waals surface area contributed by atoms with Gasteiger partial charge in [0.05, 0.1) is 16.9 Å². The van der Waals surface area contributed by atoms with Gasteiger partial charge in [-0.2, -0.15) is 0 Å². The van der Waals surface area contributed by atoms with Crippen molar-refractivity contribution in [2.24, 2.45) is 0 Å². The fourth-order valence-electron chi connectivity index (χ4n) is 2.91. The second-order valence-corrected chi connectivity index (χ2v) is 5.85. The van der Waals surface area contributed by atoms with E-state index in [-0.39, 0.29) is 37.5 Å². The van der Waals surface area contributed by atoms with Crippen LogP contribution in [0.3, 0.4) is 0 Å². The number of carbonyl (C=O) groups excluding carboxylic acids is 1. The number of hydrogen-bond acceptors (Lipinski definition) is 6. The minimum absolute atomic E-state index is 0. The van der Waals surface area contributed by atoms with Gasteiger partial charge in [0.2, 0.25) is 6.79 Å². The number of carbonyl (C=O) groups is 1. The summed E-state index contributed by atoms with van der Waals surface area (Å²) >= 11 is 0. The second kappa shape index (κ2) is 8.33. The molecule has 7 nitrogen and oxygen atoms in total. The zero-order valence-corrected chi connectivity index (χ0v) is 15.6. The van der Waals surface area contributed by atoms with Crippen molar-refractivity contribution in [2.75, 3.05) is 35.8 Å². The van der Waals surface area contributed by atoms with Crippen molar-refractivity contribution in [3.63, 3.8) is 0 Å². The molecule has 3 N–H and O–H groups in total. The maximum Gasteiger partial charge on any atom is 0.257 e. The number of nitrogens with zero attached hydrogens (tertiary/aromatic N) is 2. The Morgan fingerprint density at radius 1 is 1.12 bits per heavy atom. The van der Waals surface area contributed by atoms with Crippen LogP contribution in [0.1, 0.15) is 23.2 Å². The van der Waals surface area contributed by atoms with Crippen LogP contribution in [-0.4, -0.2) is 30.8 Å². The van der Waals surface area contributed by atoms with Crippen molar-refractivity contribution in [3.8, 4) is 11.5 Å². The predicted octanol–water partition coefficient (Wildman–Crippen LogP) is 3.09. The van der Waals surface area contributed by atoms with E-state index in [1.54, 1.807) is 24.4 Å². The van der Waals surface area contributed by atoms with E-state index in [1.165, 1.54) is 12.8 Å². The average molecular weight is 399 g/mol. The molecule has 1 fully saturated rings. The summed E-state index contributed by atoms with van der Waals surface area (Å²) in [6.07, 6.45) is 3.97. The molecule has 0 atom stereocenters. The molecule has 1 aromatic heterocycles. The van der Waals surface area contributed by atoms with Crippen molar-refractivity contribution in [1.82, 2.24) is 4.98 Å². The highest BCUT2D eigenvalue weighted by Crippen LogP contribution is 2.38. The molecule has 2 aliphatic heterocycles. The molecule has 4 rings (SSSR count). The summed E-state index contributed by atoms with van der Waals surface area (Å²) in [5.74, 6) is 1.80. The number of rotatable bonds is 3. The van der Waals surface area contributed by atoms with Crippen molar-refractivity contribution >= 4 is 47.9 Å². The van der Waals surface area contributed by atoms with Gasteiger partial charge in [0, 0.05) is 31.4 Å². The first-order chi connectivity index (χ1) is 11.7. The van der Waals surface area contributed by atoms with Crippen LogP contribution in [0.4, 0.5) is 17.2 Å². The molecular weight excluding hydrogens is 379 g/mol. The summed E-state index contributed by atoms with van der Waals surface area (Å²) < 4.78 is 10.6. The Kier molecular flexibility index (Phi) is 6.39. The molecule has 140 valence electrons. The van der Waals surface area contributed by atoms with E-state index in [9.17, 15) is 4.79 Å². The lowest BCUT2D eigenvalue weighted by molar-refractivity contribution is 0.102. The van der Waals surface area contributed by atoms with Crippen LogP contribution in [0.25, 0.3) is 0 Å². The maximum atomic E-state index is 12.4.